The maximum atomic E-state index is 9.87. The van der Waals surface area contributed by atoms with Gasteiger partial charge >= 0.3 is 38.7 Å². The van der Waals surface area contributed by atoms with E-state index in [4.69, 9.17) is 21.1 Å². The van der Waals surface area contributed by atoms with E-state index in [0.717, 1.165) is 48.3 Å². The van der Waals surface area contributed by atoms with E-state index in [2.05, 4.69) is 18.8 Å². The average molecular weight is 565 g/mol. The molecule has 0 saturated heterocycles. The first-order valence-electron chi connectivity index (χ1n) is 10.9. The van der Waals surface area contributed by atoms with Crippen molar-refractivity contribution in [3.05, 3.63) is 46.4 Å². The van der Waals surface area contributed by atoms with Crippen LogP contribution in [0.5, 0.6) is 11.5 Å². The zero-order valence-electron chi connectivity index (χ0n) is 19.3. The summed E-state index contributed by atoms with van der Waals surface area (Å²) in [6.07, 6.45) is 6.45. The molecule has 0 aromatic heterocycles. The normalized spacial score (nSPS) is 13.0. The summed E-state index contributed by atoms with van der Waals surface area (Å²) in [5, 5.41) is 10.1. The van der Waals surface area contributed by atoms with Gasteiger partial charge < -0.3 is 9.47 Å². The van der Waals surface area contributed by atoms with Crippen LogP contribution in [-0.4, -0.2) is 13.2 Å². The van der Waals surface area contributed by atoms with Crippen molar-refractivity contribution >= 4 is 36.9 Å². The number of halogens is 7. The molecule has 0 atom stereocenters. The second-order valence-electron chi connectivity index (χ2n) is 7.49. The third-order valence-corrected chi connectivity index (χ3v) is 5.48. The quantitative estimate of drug-likeness (QED) is 0.111. The average Bonchev–Trinajstić information content (AvgIpc) is 2.74. The molecule has 0 unspecified atom stereocenters. The molecule has 35 heavy (non-hydrogen) atoms. The van der Waals surface area contributed by atoms with E-state index in [0.29, 0.717) is 35.4 Å². The van der Waals surface area contributed by atoms with E-state index in [1.54, 1.807) is 17.8 Å². The Hall–Kier alpha value is -1.89. The van der Waals surface area contributed by atoms with Crippen LogP contribution in [0, 0.1) is 5.39 Å². The van der Waals surface area contributed by atoms with Crippen LogP contribution < -0.4 is 9.47 Å². The van der Waals surface area contributed by atoms with Gasteiger partial charge in [0, 0.05) is 16.0 Å². The molecular formula is C22H28ClF6N2O2PS. The molecular weight excluding hydrogens is 537 g/mol. The first-order chi connectivity index (χ1) is 16.1. The van der Waals surface area contributed by atoms with Gasteiger partial charge in [-0.2, -0.15) is 0 Å². The van der Waals surface area contributed by atoms with E-state index in [1.807, 2.05) is 30.3 Å². The molecule has 0 aliphatic heterocycles. The van der Waals surface area contributed by atoms with Gasteiger partial charge in [0.05, 0.1) is 24.2 Å². The van der Waals surface area contributed by atoms with Crippen molar-refractivity contribution in [3.63, 3.8) is 0 Å². The molecule has 198 valence electrons. The number of hydrogen-bond donors (Lipinski definition) is 0. The fraction of sp³-hybridized carbons (Fsp3) is 0.455. The van der Waals surface area contributed by atoms with Crippen molar-refractivity contribution in [1.82, 2.24) is 0 Å². The van der Waals surface area contributed by atoms with Crippen LogP contribution in [0.1, 0.15) is 52.4 Å². The Labute approximate surface area is 210 Å². The van der Waals surface area contributed by atoms with Gasteiger partial charge in [-0.15, -0.1) is 0 Å². The summed E-state index contributed by atoms with van der Waals surface area (Å²) < 4.78 is 71.1. The SMILES string of the molecule is CCCCCOc1cc(Sc2ccc(Cl)cc2)c(OCCCCC)cc1[N+]#N.F[P-](F)(F)(F)(F)F. The summed E-state index contributed by atoms with van der Waals surface area (Å²) in [5.41, 5.74) is 0.391. The van der Waals surface area contributed by atoms with Gasteiger partial charge in [-0.25, -0.2) is 0 Å². The van der Waals surface area contributed by atoms with E-state index >= 15 is 0 Å². The van der Waals surface area contributed by atoms with Gasteiger partial charge in [0.1, 0.15) is 5.75 Å². The summed E-state index contributed by atoms with van der Waals surface area (Å²) in [6, 6.07) is 11.3. The van der Waals surface area contributed by atoms with Gasteiger partial charge in [-0.05, 0) is 37.1 Å². The van der Waals surface area contributed by atoms with Crippen LogP contribution >= 0.6 is 31.2 Å². The predicted molar refractivity (Wildman–Crippen MR) is 130 cm³/mol. The second-order valence-corrected chi connectivity index (χ2v) is 11.0. The van der Waals surface area contributed by atoms with E-state index in [1.165, 1.54) is 0 Å². The number of nitrogens with zero attached hydrogens (tertiary/aromatic N) is 2. The van der Waals surface area contributed by atoms with Crippen LogP contribution in [0.2, 0.25) is 5.02 Å². The monoisotopic (exact) mass is 564 g/mol. The Balaban J connectivity index is 0.000000762. The van der Waals surface area contributed by atoms with Crippen LogP contribution in [0.15, 0.2) is 46.2 Å². The molecule has 0 amide bonds. The Morgan fingerprint density at radius 3 is 1.77 bits per heavy atom. The molecule has 0 fully saturated rings. The molecule has 0 saturated carbocycles. The topological polar surface area (TPSA) is 46.6 Å². The summed E-state index contributed by atoms with van der Waals surface area (Å²) in [4.78, 5) is 5.38. The molecule has 4 nitrogen and oxygen atoms in total. The summed E-state index contributed by atoms with van der Waals surface area (Å²) in [6.45, 7) is 5.54. The summed E-state index contributed by atoms with van der Waals surface area (Å²) in [7, 11) is -10.7. The van der Waals surface area contributed by atoms with Crippen molar-refractivity contribution in [2.24, 2.45) is 0 Å². The van der Waals surface area contributed by atoms with Crippen molar-refractivity contribution in [2.75, 3.05) is 13.2 Å². The number of hydrogen-bond acceptors (Lipinski definition) is 4. The molecule has 0 heterocycles. The predicted octanol–water partition coefficient (Wildman–Crippen LogP) is 11.5. The second kappa shape index (κ2) is 12.9. The Bertz CT molecular complexity index is 976. The number of unbranched alkanes of at least 4 members (excludes halogenated alkanes) is 4. The third-order valence-electron chi connectivity index (χ3n) is 4.19. The van der Waals surface area contributed by atoms with Crippen LogP contribution in [0.4, 0.5) is 30.9 Å². The van der Waals surface area contributed by atoms with Crippen LogP contribution in [-0.2, 0) is 0 Å². The Morgan fingerprint density at radius 2 is 1.31 bits per heavy atom. The van der Waals surface area contributed by atoms with Gasteiger partial charge in [0.2, 0.25) is 11.1 Å². The fourth-order valence-electron chi connectivity index (χ4n) is 2.61. The maximum absolute atomic E-state index is 10.7. The van der Waals surface area contributed by atoms with E-state index in [-0.39, 0.29) is 0 Å². The van der Waals surface area contributed by atoms with Gasteiger partial charge in [-0.3, -0.25) is 0 Å². The fourth-order valence-corrected chi connectivity index (χ4v) is 3.65. The number of rotatable bonds is 12. The van der Waals surface area contributed by atoms with Crippen LogP contribution in [0.3, 0.4) is 0 Å². The minimum absolute atomic E-state index is 0.391. The van der Waals surface area contributed by atoms with Crippen molar-refractivity contribution in [2.45, 2.75) is 62.2 Å². The summed E-state index contributed by atoms with van der Waals surface area (Å²) in [5.74, 6) is 1.26. The number of diazo groups is 1. The molecule has 13 heteroatoms. The number of benzene rings is 2. The first kappa shape index (κ1) is 31.1. The molecule has 2 rings (SSSR count). The molecule has 0 N–H and O–H groups in total. The molecule has 0 bridgehead atoms. The zero-order valence-corrected chi connectivity index (χ0v) is 21.8. The molecule has 2 aromatic rings. The molecule has 0 radical (unpaired) electrons. The Kier molecular flexibility index (Phi) is 11.5. The first-order valence-corrected chi connectivity index (χ1v) is 14.1. The van der Waals surface area contributed by atoms with Crippen molar-refractivity contribution in [3.8, 4) is 11.5 Å². The molecule has 0 aliphatic rings. The Morgan fingerprint density at radius 1 is 0.829 bits per heavy atom. The standard InChI is InChI=1S/C22H28ClN2O2S.F6P/c1-3-5-7-13-26-20-16-22(28-18-11-9-17(23)10-12-18)21(15-19(20)25-24)27-14-8-6-4-2;1-7(2,3,4,5)6/h9-12,15-16H,3-8,13-14H2,1-2H3;/q+1;-1. The molecule has 0 aliphatic carbocycles. The van der Waals surface area contributed by atoms with E-state index in [9.17, 15) is 30.6 Å². The van der Waals surface area contributed by atoms with E-state index < -0.39 is 7.81 Å². The number of ether oxygens (including phenoxy) is 2. The third kappa shape index (κ3) is 16.4. The molecule has 2 aromatic carbocycles. The summed E-state index contributed by atoms with van der Waals surface area (Å²) >= 11 is 7.57. The zero-order chi connectivity index (χ0) is 26.6. The van der Waals surface area contributed by atoms with Crippen LogP contribution in [0.25, 0.3) is 4.98 Å². The minimum atomic E-state index is -10.7. The van der Waals surface area contributed by atoms with Gasteiger partial charge in [-0.1, -0.05) is 62.9 Å². The van der Waals surface area contributed by atoms with Gasteiger partial charge in [0.25, 0.3) is 0 Å². The van der Waals surface area contributed by atoms with Crippen molar-refractivity contribution in [1.29, 1.82) is 5.39 Å². The van der Waals surface area contributed by atoms with Gasteiger partial charge in [0.15, 0.2) is 4.98 Å². The molecule has 0 spiro atoms. The van der Waals surface area contributed by atoms with Crippen molar-refractivity contribution < 1.29 is 34.7 Å².